The minimum absolute atomic E-state index is 0.0662. The van der Waals surface area contributed by atoms with E-state index in [0.29, 0.717) is 43.1 Å². The van der Waals surface area contributed by atoms with Gasteiger partial charge in [-0.05, 0) is 37.5 Å². The summed E-state index contributed by atoms with van der Waals surface area (Å²) < 4.78 is 11.5. The Kier molecular flexibility index (Phi) is 5.58. The van der Waals surface area contributed by atoms with Crippen LogP contribution in [0.3, 0.4) is 0 Å². The molecule has 1 fully saturated rings. The van der Waals surface area contributed by atoms with E-state index >= 15 is 0 Å². The summed E-state index contributed by atoms with van der Waals surface area (Å²) in [5, 5.41) is 10.7. The van der Waals surface area contributed by atoms with E-state index in [-0.39, 0.29) is 17.9 Å². The van der Waals surface area contributed by atoms with Gasteiger partial charge in [0.15, 0.2) is 0 Å². The average molecular weight is 402 g/mol. The maximum Gasteiger partial charge on any atom is 0.226 e. The van der Waals surface area contributed by atoms with Crippen LogP contribution in [-0.4, -0.2) is 35.2 Å². The van der Waals surface area contributed by atoms with Crippen LogP contribution in [-0.2, 0) is 22.6 Å². The zero-order valence-electron chi connectivity index (χ0n) is 15.8. The predicted octanol–water partition coefficient (Wildman–Crippen LogP) is 4.15. The Morgan fingerprint density at radius 3 is 2.75 bits per heavy atom. The Bertz CT molecular complexity index is 871. The third-order valence-electron chi connectivity index (χ3n) is 5.70. The van der Waals surface area contributed by atoms with Gasteiger partial charge in [-0.25, -0.2) is 0 Å². The molecule has 0 radical (unpaired) electrons. The molecule has 2 aromatic carbocycles. The molecule has 1 aliphatic heterocycles. The summed E-state index contributed by atoms with van der Waals surface area (Å²) in [6.45, 7) is 0.843. The molecule has 1 heterocycles. The second-order valence-corrected chi connectivity index (χ2v) is 7.88. The van der Waals surface area contributed by atoms with E-state index in [0.717, 1.165) is 16.9 Å². The lowest BCUT2D eigenvalue weighted by molar-refractivity contribution is -0.142. The lowest BCUT2D eigenvalue weighted by Crippen LogP contribution is -2.43. The number of ether oxygens (including phenoxy) is 2. The van der Waals surface area contributed by atoms with Crippen LogP contribution in [0.4, 0.5) is 0 Å². The summed E-state index contributed by atoms with van der Waals surface area (Å²) in [6.07, 6.45) is 0.944. The zero-order chi connectivity index (χ0) is 19.7. The van der Waals surface area contributed by atoms with E-state index in [4.69, 9.17) is 21.1 Å². The van der Waals surface area contributed by atoms with Crippen LogP contribution in [0.5, 0.6) is 11.5 Å². The van der Waals surface area contributed by atoms with Crippen molar-refractivity contribution in [3.63, 3.8) is 0 Å². The van der Waals surface area contributed by atoms with Gasteiger partial charge < -0.3 is 19.5 Å². The number of halogens is 1. The number of hydrogen-bond donors (Lipinski definition) is 1. The number of fused-ring (bicyclic) bond motifs is 2. The average Bonchev–Trinajstić information content (AvgIpc) is 2.69. The van der Waals surface area contributed by atoms with Gasteiger partial charge in [-0.1, -0.05) is 35.9 Å². The molecule has 0 aromatic heterocycles. The van der Waals surface area contributed by atoms with Crippen LogP contribution in [0.2, 0.25) is 5.02 Å². The van der Waals surface area contributed by atoms with Gasteiger partial charge >= 0.3 is 0 Å². The summed E-state index contributed by atoms with van der Waals surface area (Å²) in [4.78, 5) is 15.3. The van der Waals surface area contributed by atoms with Crippen LogP contribution in [0, 0.1) is 5.92 Å². The number of methoxy groups -OCH3 is 1. The van der Waals surface area contributed by atoms with Gasteiger partial charge in [-0.3, -0.25) is 4.79 Å². The van der Waals surface area contributed by atoms with Gasteiger partial charge in [0, 0.05) is 35.7 Å². The van der Waals surface area contributed by atoms with Gasteiger partial charge in [0.25, 0.3) is 0 Å². The van der Waals surface area contributed by atoms with Crippen molar-refractivity contribution < 1.29 is 19.4 Å². The third kappa shape index (κ3) is 3.75. The molecule has 5 nitrogen and oxygen atoms in total. The molecule has 1 amide bonds. The number of carbonyl (C=O) groups is 1. The molecule has 4 rings (SSSR count). The summed E-state index contributed by atoms with van der Waals surface area (Å²) in [7, 11) is 1.58. The molecule has 2 aliphatic rings. The summed E-state index contributed by atoms with van der Waals surface area (Å²) in [6, 6.07) is 13.3. The van der Waals surface area contributed by atoms with Gasteiger partial charge in [-0.2, -0.15) is 0 Å². The number of benzene rings is 2. The number of aliphatic hydroxyl groups is 1. The van der Waals surface area contributed by atoms with Crippen LogP contribution in [0.15, 0.2) is 42.5 Å². The van der Waals surface area contributed by atoms with Gasteiger partial charge in [0.2, 0.25) is 5.91 Å². The molecule has 1 N–H and O–H groups in total. The number of nitrogens with zero attached hydrogens (tertiary/aromatic N) is 1. The summed E-state index contributed by atoms with van der Waals surface area (Å²) in [5.74, 6) is 1.30. The maximum absolute atomic E-state index is 13.4. The zero-order valence-corrected chi connectivity index (χ0v) is 16.6. The predicted molar refractivity (Wildman–Crippen MR) is 106 cm³/mol. The number of carbonyl (C=O) groups excluding carboxylic acids is 1. The van der Waals surface area contributed by atoms with Crippen LogP contribution < -0.4 is 4.74 Å². The summed E-state index contributed by atoms with van der Waals surface area (Å²) >= 11 is 6.44. The van der Waals surface area contributed by atoms with E-state index < -0.39 is 6.10 Å². The lowest BCUT2D eigenvalue weighted by atomic mass is 9.84. The molecular formula is C22H24ClNO4. The Morgan fingerprint density at radius 1 is 1.14 bits per heavy atom. The quantitative estimate of drug-likeness (QED) is 0.821. The minimum Gasteiger partial charge on any atom is -0.457 e. The molecule has 0 unspecified atom stereocenters. The minimum atomic E-state index is -0.509. The molecule has 1 aliphatic carbocycles. The number of rotatable bonds is 2. The molecule has 1 saturated carbocycles. The van der Waals surface area contributed by atoms with Gasteiger partial charge in [0.05, 0.1) is 18.8 Å². The first kappa shape index (κ1) is 19.2. The number of aliphatic hydroxyl groups excluding tert-OH is 1. The van der Waals surface area contributed by atoms with Crippen molar-refractivity contribution in [2.75, 3.05) is 7.11 Å². The third-order valence-corrected chi connectivity index (χ3v) is 6.05. The molecule has 28 heavy (non-hydrogen) atoms. The lowest BCUT2D eigenvalue weighted by Gasteiger charge is -2.36. The second kappa shape index (κ2) is 8.11. The fraction of sp³-hybridized carbons (Fsp3) is 0.409. The van der Waals surface area contributed by atoms with Crippen molar-refractivity contribution in [1.82, 2.24) is 4.90 Å². The molecule has 0 bridgehead atoms. The highest BCUT2D eigenvalue weighted by Crippen LogP contribution is 2.37. The Balaban J connectivity index is 1.67. The highest BCUT2D eigenvalue weighted by molar-refractivity contribution is 6.31. The highest BCUT2D eigenvalue weighted by atomic mass is 35.5. The molecule has 6 heteroatoms. The van der Waals surface area contributed by atoms with Crippen molar-refractivity contribution in [3.05, 3.63) is 58.6 Å². The molecular weight excluding hydrogens is 378 g/mol. The van der Waals surface area contributed by atoms with Crippen LogP contribution in [0.25, 0.3) is 0 Å². The van der Waals surface area contributed by atoms with Crippen molar-refractivity contribution in [2.24, 2.45) is 5.92 Å². The van der Waals surface area contributed by atoms with Gasteiger partial charge in [-0.15, -0.1) is 0 Å². The Hall–Kier alpha value is -2.08. The monoisotopic (exact) mass is 401 g/mol. The fourth-order valence-corrected chi connectivity index (χ4v) is 4.32. The fourth-order valence-electron chi connectivity index (χ4n) is 4.10. The van der Waals surface area contributed by atoms with Crippen LogP contribution in [0.1, 0.15) is 30.4 Å². The second-order valence-electron chi connectivity index (χ2n) is 7.47. The van der Waals surface area contributed by atoms with E-state index in [9.17, 15) is 9.90 Å². The van der Waals surface area contributed by atoms with Crippen molar-refractivity contribution in [3.8, 4) is 11.5 Å². The topological polar surface area (TPSA) is 59.0 Å². The largest absolute Gasteiger partial charge is 0.457 e. The number of amides is 1. The molecule has 0 spiro atoms. The molecule has 3 atom stereocenters. The van der Waals surface area contributed by atoms with Crippen molar-refractivity contribution in [2.45, 2.75) is 44.6 Å². The molecule has 2 aromatic rings. The first-order chi connectivity index (χ1) is 13.6. The Morgan fingerprint density at radius 2 is 1.93 bits per heavy atom. The standard InChI is InChI=1S/C22H24ClNO4/c1-27-21-11-14(9-10-18(21)25)22(26)24-12-15-5-2-3-7-19(15)28-20-8-4-6-17(23)16(20)13-24/h2-8,14,18,21,25H,9-13H2,1H3/t14-,18+,21-/m0/s1. The summed E-state index contributed by atoms with van der Waals surface area (Å²) in [5.41, 5.74) is 1.77. The normalized spacial score (nSPS) is 24.4. The highest BCUT2D eigenvalue weighted by Gasteiger charge is 2.36. The number of hydrogen-bond acceptors (Lipinski definition) is 4. The SMILES string of the molecule is CO[C@H]1C[C@@H](C(=O)N2Cc3ccccc3Oc3cccc(Cl)c3C2)CC[C@H]1O. The molecule has 148 valence electrons. The van der Waals surface area contributed by atoms with Crippen LogP contribution >= 0.6 is 11.6 Å². The van der Waals surface area contributed by atoms with Gasteiger partial charge in [0.1, 0.15) is 11.5 Å². The first-order valence-corrected chi connectivity index (χ1v) is 9.97. The first-order valence-electron chi connectivity index (χ1n) is 9.59. The maximum atomic E-state index is 13.4. The van der Waals surface area contributed by atoms with Crippen molar-refractivity contribution >= 4 is 17.5 Å². The number of para-hydroxylation sites is 1. The smallest absolute Gasteiger partial charge is 0.226 e. The Labute approximate surface area is 169 Å². The van der Waals surface area contributed by atoms with E-state index in [1.54, 1.807) is 7.11 Å². The van der Waals surface area contributed by atoms with E-state index in [1.165, 1.54) is 0 Å². The molecule has 0 saturated heterocycles. The van der Waals surface area contributed by atoms with Crippen molar-refractivity contribution in [1.29, 1.82) is 0 Å². The van der Waals surface area contributed by atoms with E-state index in [1.807, 2.05) is 47.4 Å². The van der Waals surface area contributed by atoms with E-state index in [2.05, 4.69) is 0 Å².